The highest BCUT2D eigenvalue weighted by Crippen LogP contribution is 2.62. The van der Waals surface area contributed by atoms with Crippen molar-refractivity contribution in [2.75, 3.05) is 13.2 Å². The molecule has 0 bridgehead atoms. The first-order chi connectivity index (χ1) is 6.73. The predicted octanol–water partition coefficient (Wildman–Crippen LogP) is 1.58. The maximum atomic E-state index is 9.04. The Morgan fingerprint density at radius 1 is 1.21 bits per heavy atom. The van der Waals surface area contributed by atoms with E-state index in [0.717, 1.165) is 5.92 Å². The van der Waals surface area contributed by atoms with E-state index >= 15 is 0 Å². The van der Waals surface area contributed by atoms with Gasteiger partial charge in [-0.1, -0.05) is 6.08 Å². The minimum atomic E-state index is 0.128. The molecule has 14 heavy (non-hydrogen) atoms. The third-order valence-corrected chi connectivity index (χ3v) is 4.25. The first-order valence-corrected chi connectivity index (χ1v) is 5.57. The molecular formula is C12H20O2. The van der Waals surface area contributed by atoms with Gasteiger partial charge in [0.25, 0.3) is 0 Å². The molecule has 2 heteroatoms. The summed E-state index contributed by atoms with van der Waals surface area (Å²) in [6, 6.07) is 0. The van der Waals surface area contributed by atoms with Crippen LogP contribution < -0.4 is 0 Å². The minimum Gasteiger partial charge on any atom is -0.396 e. The Bertz CT molecular complexity index is 206. The first-order valence-electron chi connectivity index (χ1n) is 5.57. The van der Waals surface area contributed by atoms with Crippen LogP contribution in [-0.4, -0.2) is 23.4 Å². The molecule has 2 fully saturated rings. The van der Waals surface area contributed by atoms with E-state index in [0.29, 0.717) is 11.3 Å². The van der Waals surface area contributed by atoms with Crippen LogP contribution in [0, 0.1) is 23.2 Å². The van der Waals surface area contributed by atoms with Gasteiger partial charge in [0.2, 0.25) is 0 Å². The highest BCUT2D eigenvalue weighted by Gasteiger charge is 2.53. The van der Waals surface area contributed by atoms with Crippen LogP contribution in [0.4, 0.5) is 0 Å². The molecule has 0 aromatic rings. The number of hydrogen-bond acceptors (Lipinski definition) is 2. The van der Waals surface area contributed by atoms with Gasteiger partial charge < -0.3 is 10.2 Å². The molecule has 0 atom stereocenters. The van der Waals surface area contributed by atoms with Crippen molar-refractivity contribution < 1.29 is 10.2 Å². The normalized spacial score (nSPS) is 40.8. The smallest absolute Gasteiger partial charge is 0.0483 e. The van der Waals surface area contributed by atoms with Gasteiger partial charge in [0.15, 0.2) is 0 Å². The average molecular weight is 196 g/mol. The zero-order chi connectivity index (χ0) is 10.2. The molecule has 0 aromatic carbocycles. The van der Waals surface area contributed by atoms with Gasteiger partial charge in [-0.3, -0.25) is 0 Å². The average Bonchev–Trinajstić information content (AvgIpc) is 2.07. The van der Waals surface area contributed by atoms with Crippen molar-refractivity contribution in [2.24, 2.45) is 23.2 Å². The molecule has 0 heterocycles. The van der Waals surface area contributed by atoms with Crippen molar-refractivity contribution >= 4 is 0 Å². The molecule has 2 aliphatic carbocycles. The van der Waals surface area contributed by atoms with Crippen molar-refractivity contribution in [1.29, 1.82) is 0 Å². The van der Waals surface area contributed by atoms with Gasteiger partial charge in [-0.25, -0.2) is 0 Å². The van der Waals surface area contributed by atoms with E-state index in [4.69, 9.17) is 10.2 Å². The lowest BCUT2D eigenvalue weighted by Gasteiger charge is -2.59. The predicted molar refractivity (Wildman–Crippen MR) is 55.7 cm³/mol. The monoisotopic (exact) mass is 196 g/mol. The Morgan fingerprint density at radius 3 is 2.21 bits per heavy atom. The Kier molecular flexibility index (Phi) is 2.67. The van der Waals surface area contributed by atoms with E-state index < -0.39 is 0 Å². The summed E-state index contributed by atoms with van der Waals surface area (Å²) in [6.07, 6.45) is 7.06. The molecular weight excluding hydrogens is 176 g/mol. The SMILES string of the molecule is C=CC1CC2(C1)CC(C(CO)CO)C2. The summed E-state index contributed by atoms with van der Waals surface area (Å²) in [6.45, 7) is 4.10. The summed E-state index contributed by atoms with van der Waals surface area (Å²) in [5, 5.41) is 18.1. The standard InChI is InChI=1S/C12H20O2/c1-2-9-3-12(4-9)5-10(6-12)11(7-13)8-14/h2,9-11,13-14H,1,3-8H2. The second-order valence-electron chi connectivity index (χ2n) is 5.20. The van der Waals surface area contributed by atoms with Gasteiger partial charge in [-0.2, -0.15) is 0 Å². The molecule has 80 valence electrons. The Hall–Kier alpha value is -0.340. The van der Waals surface area contributed by atoms with Crippen LogP contribution in [-0.2, 0) is 0 Å². The number of rotatable bonds is 4. The van der Waals surface area contributed by atoms with Crippen LogP contribution in [0.15, 0.2) is 12.7 Å². The second kappa shape index (κ2) is 3.67. The van der Waals surface area contributed by atoms with Gasteiger partial charge in [0, 0.05) is 19.1 Å². The van der Waals surface area contributed by atoms with Gasteiger partial charge in [0.1, 0.15) is 0 Å². The quantitative estimate of drug-likeness (QED) is 0.670. The van der Waals surface area contributed by atoms with Crippen LogP contribution in [0.3, 0.4) is 0 Å². The third-order valence-electron chi connectivity index (χ3n) is 4.25. The van der Waals surface area contributed by atoms with Crippen LogP contribution in [0.1, 0.15) is 25.7 Å². The zero-order valence-corrected chi connectivity index (χ0v) is 8.65. The fourth-order valence-corrected chi connectivity index (χ4v) is 3.29. The molecule has 0 aliphatic heterocycles. The number of hydrogen-bond donors (Lipinski definition) is 2. The van der Waals surface area contributed by atoms with Crippen molar-refractivity contribution in [3.63, 3.8) is 0 Å². The van der Waals surface area contributed by atoms with Crippen molar-refractivity contribution in [2.45, 2.75) is 25.7 Å². The highest BCUT2D eigenvalue weighted by atomic mass is 16.3. The number of allylic oxidation sites excluding steroid dienone is 1. The van der Waals surface area contributed by atoms with E-state index in [-0.39, 0.29) is 19.1 Å². The van der Waals surface area contributed by atoms with Gasteiger partial charge in [-0.15, -0.1) is 6.58 Å². The molecule has 1 spiro atoms. The van der Waals surface area contributed by atoms with Crippen LogP contribution in [0.5, 0.6) is 0 Å². The zero-order valence-electron chi connectivity index (χ0n) is 8.65. The molecule has 2 nitrogen and oxygen atoms in total. The largest absolute Gasteiger partial charge is 0.396 e. The maximum Gasteiger partial charge on any atom is 0.0483 e. The van der Waals surface area contributed by atoms with Crippen molar-refractivity contribution in [1.82, 2.24) is 0 Å². The number of aliphatic hydroxyl groups is 2. The van der Waals surface area contributed by atoms with E-state index in [9.17, 15) is 0 Å². The topological polar surface area (TPSA) is 40.5 Å². The molecule has 0 unspecified atom stereocenters. The highest BCUT2D eigenvalue weighted by molar-refractivity contribution is 5.07. The molecule has 0 saturated heterocycles. The Labute approximate surface area is 85.6 Å². The summed E-state index contributed by atoms with van der Waals surface area (Å²) in [5.41, 5.74) is 0.576. The summed E-state index contributed by atoms with van der Waals surface area (Å²) in [5.74, 6) is 1.43. The molecule has 0 radical (unpaired) electrons. The molecule has 2 aliphatic rings. The first kappa shape index (κ1) is 10.2. The summed E-state index contributed by atoms with van der Waals surface area (Å²) in [7, 11) is 0. The van der Waals surface area contributed by atoms with Crippen LogP contribution in [0.2, 0.25) is 0 Å². The van der Waals surface area contributed by atoms with Crippen molar-refractivity contribution in [3.8, 4) is 0 Å². The van der Waals surface area contributed by atoms with Gasteiger partial charge >= 0.3 is 0 Å². The van der Waals surface area contributed by atoms with Gasteiger partial charge in [-0.05, 0) is 42.9 Å². The summed E-state index contributed by atoms with van der Waals surface area (Å²) in [4.78, 5) is 0. The molecule has 2 rings (SSSR count). The maximum absolute atomic E-state index is 9.04. The lowest BCUT2D eigenvalue weighted by atomic mass is 9.46. The molecule has 2 N–H and O–H groups in total. The van der Waals surface area contributed by atoms with E-state index in [1.165, 1.54) is 25.7 Å². The van der Waals surface area contributed by atoms with E-state index in [1.807, 2.05) is 0 Å². The third kappa shape index (κ3) is 1.51. The lowest BCUT2D eigenvalue weighted by molar-refractivity contribution is -0.0897. The Morgan fingerprint density at radius 2 is 1.79 bits per heavy atom. The summed E-state index contributed by atoms with van der Waals surface area (Å²) < 4.78 is 0. The molecule has 0 amide bonds. The van der Waals surface area contributed by atoms with E-state index in [2.05, 4.69) is 12.7 Å². The fraction of sp³-hybridized carbons (Fsp3) is 0.833. The summed E-state index contributed by atoms with van der Waals surface area (Å²) >= 11 is 0. The van der Waals surface area contributed by atoms with Crippen LogP contribution >= 0.6 is 0 Å². The van der Waals surface area contributed by atoms with Gasteiger partial charge in [0.05, 0.1) is 0 Å². The fourth-order valence-electron chi connectivity index (χ4n) is 3.29. The van der Waals surface area contributed by atoms with E-state index in [1.54, 1.807) is 0 Å². The van der Waals surface area contributed by atoms with Crippen molar-refractivity contribution in [3.05, 3.63) is 12.7 Å². The molecule has 0 aromatic heterocycles. The number of aliphatic hydroxyl groups excluding tert-OH is 2. The second-order valence-corrected chi connectivity index (χ2v) is 5.20. The van der Waals surface area contributed by atoms with Crippen LogP contribution in [0.25, 0.3) is 0 Å². The molecule has 2 saturated carbocycles. The minimum absolute atomic E-state index is 0.128. The Balaban J connectivity index is 1.77. The lowest BCUT2D eigenvalue weighted by Crippen LogP contribution is -2.50.